The van der Waals surface area contributed by atoms with Gasteiger partial charge in [0.05, 0.1) is 271 Å². The van der Waals surface area contributed by atoms with Crippen molar-refractivity contribution >= 4 is 32.7 Å². The van der Waals surface area contributed by atoms with Gasteiger partial charge in [0.2, 0.25) is 0 Å². The molecule has 0 N–H and O–H groups in total. The summed E-state index contributed by atoms with van der Waals surface area (Å²) in [7, 11) is 0. The summed E-state index contributed by atoms with van der Waals surface area (Å²) in [5.41, 5.74) is 2.53. The smallest absolute Gasteiger partial charge is 0.145 e. The number of rotatable bonds is 71. The molecule has 99 heavy (non-hydrogen) atoms. The first-order valence-electron chi connectivity index (χ1n) is 34.4. The molecule has 3 aromatic heterocycles. The predicted molar refractivity (Wildman–Crippen MR) is 368 cm³/mol. The number of hydrogen-bond donors (Lipinski definition) is 0. The summed E-state index contributed by atoms with van der Waals surface area (Å²) in [4.78, 5) is 13.2. The Morgan fingerprint density at radius 2 is 0.374 bits per heavy atom. The molecule has 0 fully saturated rings. The molecule has 0 bridgehead atoms. The fourth-order valence-electron chi connectivity index (χ4n) is 8.90. The second-order valence-electron chi connectivity index (χ2n) is 21.2. The highest BCUT2D eigenvalue weighted by Gasteiger charge is 2.12. The summed E-state index contributed by atoms with van der Waals surface area (Å²) < 4.78 is 137. The first kappa shape index (κ1) is 82.4. The Balaban J connectivity index is 0.675. The molecule has 0 unspecified atom stereocenters. The van der Waals surface area contributed by atoms with Gasteiger partial charge in [0.25, 0.3) is 0 Å². The summed E-state index contributed by atoms with van der Waals surface area (Å²) >= 11 is 0. The zero-order valence-corrected chi connectivity index (χ0v) is 57.7. The number of pyridine rings is 3. The van der Waals surface area contributed by atoms with Crippen LogP contribution in [-0.2, 0) is 99.5 Å². The lowest BCUT2D eigenvalue weighted by Crippen LogP contribution is -2.29. The molecule has 3 heterocycles. The van der Waals surface area contributed by atoms with Gasteiger partial charge in [-0.15, -0.1) is 0 Å². The average molecular weight is 1400 g/mol. The highest BCUT2D eigenvalue weighted by Crippen LogP contribution is 2.25. The Hall–Kier alpha value is -5.55. The summed E-state index contributed by atoms with van der Waals surface area (Å²) in [6.45, 7) is 19.3. The Labute approximate surface area is 582 Å². The van der Waals surface area contributed by atoms with E-state index in [0.717, 1.165) is 50.0 Å². The molecule has 0 radical (unpaired) electrons. The molecular weight excluding hydrogens is 1290 g/mol. The van der Waals surface area contributed by atoms with Crippen LogP contribution in [0, 0.1) is 0 Å². The molecule has 554 valence electrons. The van der Waals surface area contributed by atoms with E-state index in [1.807, 2.05) is 91.0 Å². The van der Waals surface area contributed by atoms with Crippen LogP contribution in [0.1, 0.15) is 0 Å². The van der Waals surface area contributed by atoms with Crippen molar-refractivity contribution in [1.29, 1.82) is 0 Å². The topological polar surface area (TPSA) is 260 Å². The number of nitrogens with zero attached hydrogens (tertiary/aromatic N) is 3. The van der Waals surface area contributed by atoms with Crippen LogP contribution in [0.25, 0.3) is 32.7 Å². The average Bonchev–Trinajstić information content (AvgIpc) is 0.880. The van der Waals surface area contributed by atoms with Gasteiger partial charge in [-0.1, -0.05) is 54.6 Å². The van der Waals surface area contributed by atoms with Gasteiger partial charge in [0.15, 0.2) is 0 Å². The van der Waals surface area contributed by atoms with E-state index < -0.39 is 0 Å². The zero-order chi connectivity index (χ0) is 68.7. The maximum Gasteiger partial charge on any atom is 0.145 e. The molecule has 27 heteroatoms. The maximum atomic E-state index is 6.08. The second-order valence-corrected chi connectivity index (χ2v) is 21.2. The van der Waals surface area contributed by atoms with Crippen LogP contribution in [0.15, 0.2) is 110 Å². The van der Waals surface area contributed by atoms with E-state index in [1.165, 1.54) is 0 Å². The SMILES string of the molecule is c1cnc2c(OCCOCCOCCOCCOCCOCCOCCOCC(COCCOCCOCCOCCOCCOCCOCCOc3cccc4cccnc34)OCCOCCOCCOCCOCCOCCOCCOc3cccc4cccnc34)cccc2c1. The van der Waals surface area contributed by atoms with Crippen molar-refractivity contribution in [2.75, 3.05) is 291 Å². The van der Waals surface area contributed by atoms with Gasteiger partial charge in [-0.3, -0.25) is 15.0 Å². The predicted octanol–water partition coefficient (Wildman–Crippen LogP) is 6.59. The lowest BCUT2D eigenvalue weighted by molar-refractivity contribution is -0.0876. The van der Waals surface area contributed by atoms with Gasteiger partial charge in [0, 0.05) is 34.7 Å². The van der Waals surface area contributed by atoms with E-state index >= 15 is 0 Å². The number of aromatic nitrogens is 3. The highest BCUT2D eigenvalue weighted by atomic mass is 16.6. The van der Waals surface area contributed by atoms with Crippen molar-refractivity contribution in [2.45, 2.75) is 6.10 Å². The van der Waals surface area contributed by atoms with Gasteiger partial charge in [0.1, 0.15) is 59.7 Å². The van der Waals surface area contributed by atoms with Crippen LogP contribution in [0.2, 0.25) is 0 Å². The Morgan fingerprint density at radius 1 is 0.192 bits per heavy atom. The van der Waals surface area contributed by atoms with E-state index in [-0.39, 0.29) is 6.10 Å². The number of benzene rings is 3. The molecule has 0 aliphatic rings. The van der Waals surface area contributed by atoms with Crippen LogP contribution in [0.5, 0.6) is 17.2 Å². The van der Waals surface area contributed by atoms with Crippen LogP contribution in [0.3, 0.4) is 0 Å². The summed E-state index contributed by atoms with van der Waals surface area (Å²) in [5, 5.41) is 3.12. The number of ether oxygens (including phenoxy) is 24. The summed E-state index contributed by atoms with van der Waals surface area (Å²) in [5.74, 6) is 2.24. The normalized spacial score (nSPS) is 11.7. The number of fused-ring (bicyclic) bond motifs is 3. The first-order chi connectivity index (χ1) is 49.3. The van der Waals surface area contributed by atoms with E-state index in [4.69, 9.17) is 114 Å². The lowest BCUT2D eigenvalue weighted by atomic mass is 10.2. The molecule has 0 saturated heterocycles. The fraction of sp³-hybridized carbons (Fsp3) is 0.625. The van der Waals surface area contributed by atoms with Crippen molar-refractivity contribution in [3.05, 3.63) is 110 Å². The first-order valence-corrected chi connectivity index (χ1v) is 34.4. The molecule has 0 amide bonds. The van der Waals surface area contributed by atoms with Crippen molar-refractivity contribution in [3.63, 3.8) is 0 Å². The molecule has 0 spiro atoms. The minimum Gasteiger partial charge on any atom is -0.489 e. The molecule has 27 nitrogen and oxygen atoms in total. The van der Waals surface area contributed by atoms with Gasteiger partial charge in [-0.05, 0) is 36.4 Å². The van der Waals surface area contributed by atoms with Crippen LogP contribution in [0.4, 0.5) is 0 Å². The molecule has 0 atom stereocenters. The number of hydrogen-bond acceptors (Lipinski definition) is 27. The molecule has 0 saturated carbocycles. The van der Waals surface area contributed by atoms with Crippen molar-refractivity contribution in [3.8, 4) is 17.2 Å². The molecular formula is C72H107N3O24. The third kappa shape index (κ3) is 41.8. The van der Waals surface area contributed by atoms with Crippen molar-refractivity contribution in [2.24, 2.45) is 0 Å². The molecule has 0 aliphatic carbocycles. The van der Waals surface area contributed by atoms with E-state index in [9.17, 15) is 0 Å². The zero-order valence-electron chi connectivity index (χ0n) is 57.7. The standard InChI is InChI=1S/C72H107N3O24/c1-7-63-10-4-16-73-70(63)67(13-1)97-58-54-91-46-42-85-34-30-79-21-19-76-25-27-82-37-39-88-49-51-94-61-66(96-57-53-90-45-41-84-33-29-78-23-24-81-32-36-87-44-48-93-56-60-99-69-15-3-9-65-12-6-18-75-72(65)69)62-95-52-50-89-40-38-83-28-26-77-20-22-80-31-35-86-43-47-92-55-59-98-68-14-2-8-64-11-5-17-74-71(64)68/h1-18,66H,19-62H2. The lowest BCUT2D eigenvalue weighted by Gasteiger charge is -2.18. The van der Waals surface area contributed by atoms with Crippen molar-refractivity contribution in [1.82, 2.24) is 15.0 Å². The Morgan fingerprint density at radius 3 is 0.596 bits per heavy atom. The van der Waals surface area contributed by atoms with Crippen molar-refractivity contribution < 1.29 is 114 Å². The Bertz CT molecular complexity index is 2680. The molecule has 3 aromatic carbocycles. The van der Waals surface area contributed by atoms with Gasteiger partial charge in [-0.25, -0.2) is 0 Å². The van der Waals surface area contributed by atoms with Crippen LogP contribution < -0.4 is 14.2 Å². The largest absolute Gasteiger partial charge is 0.489 e. The van der Waals surface area contributed by atoms with Crippen LogP contribution >= 0.6 is 0 Å². The van der Waals surface area contributed by atoms with Gasteiger partial charge < -0.3 is 114 Å². The summed E-state index contributed by atoms with van der Waals surface area (Å²) in [6, 6.07) is 29.4. The molecule has 6 aromatic rings. The molecule has 6 rings (SSSR count). The van der Waals surface area contributed by atoms with E-state index in [2.05, 4.69) is 15.0 Å². The van der Waals surface area contributed by atoms with Gasteiger partial charge in [-0.2, -0.15) is 0 Å². The van der Waals surface area contributed by atoms with E-state index in [1.54, 1.807) is 18.6 Å². The minimum atomic E-state index is -0.329. The summed E-state index contributed by atoms with van der Waals surface area (Å²) in [6.07, 6.45) is 4.95. The third-order valence-electron chi connectivity index (χ3n) is 13.8. The quantitative estimate of drug-likeness (QED) is 0.0365. The molecule has 0 aliphatic heterocycles. The van der Waals surface area contributed by atoms with Crippen LogP contribution in [-0.4, -0.2) is 312 Å². The third-order valence-corrected chi connectivity index (χ3v) is 13.8. The Kier molecular flexibility index (Phi) is 50.0. The fourth-order valence-corrected chi connectivity index (χ4v) is 8.90. The maximum absolute atomic E-state index is 6.08. The van der Waals surface area contributed by atoms with Gasteiger partial charge >= 0.3 is 0 Å². The second kappa shape index (κ2) is 60.1. The highest BCUT2D eigenvalue weighted by molar-refractivity contribution is 5.85. The monoisotopic (exact) mass is 1400 g/mol. The minimum absolute atomic E-state index is 0.310. The number of para-hydroxylation sites is 3. The van der Waals surface area contributed by atoms with E-state index in [0.29, 0.717) is 291 Å².